The molecular weight excluding hydrogens is 320 g/mol. The smallest absolute Gasteiger partial charge is 0.255 e. The van der Waals surface area contributed by atoms with Crippen molar-refractivity contribution in [2.75, 3.05) is 13.2 Å². The Morgan fingerprint density at radius 1 is 1.20 bits per heavy atom. The predicted molar refractivity (Wildman–Crippen MR) is 95.4 cm³/mol. The molecule has 6 nitrogen and oxygen atoms in total. The molecule has 0 saturated heterocycles. The number of amides is 2. The minimum atomic E-state index is -0.536. The number of rotatable bonds is 9. The lowest BCUT2D eigenvalue weighted by molar-refractivity contribution is -0.134. The molecule has 2 rings (SSSR count). The highest BCUT2D eigenvalue weighted by molar-refractivity contribution is 5.94. The molecule has 0 radical (unpaired) electrons. The third-order valence-electron chi connectivity index (χ3n) is 5.27. The largest absolute Gasteiger partial charge is 0.484 e. The standard InChI is InChI=1S/C19H28N2O4/c1-4-19(5-2)15(11-16(19)24-6-3)21-18(23)13-7-9-14(10-8-13)25-12-17(20)22/h7-10,15-16H,4-6,11-12H2,1-3H3,(H2,20,22)(H,21,23). The minimum absolute atomic E-state index is 0.0101. The van der Waals surface area contributed by atoms with Crippen LogP contribution in [-0.4, -0.2) is 37.2 Å². The maximum atomic E-state index is 12.5. The van der Waals surface area contributed by atoms with E-state index in [2.05, 4.69) is 19.2 Å². The van der Waals surface area contributed by atoms with Crippen LogP contribution in [0.25, 0.3) is 0 Å². The van der Waals surface area contributed by atoms with Crippen molar-refractivity contribution in [1.29, 1.82) is 0 Å². The van der Waals surface area contributed by atoms with Gasteiger partial charge in [-0.25, -0.2) is 0 Å². The van der Waals surface area contributed by atoms with Crippen molar-refractivity contribution in [3.05, 3.63) is 29.8 Å². The first-order chi connectivity index (χ1) is 12.0. The summed E-state index contributed by atoms with van der Waals surface area (Å²) in [6.45, 7) is 6.82. The van der Waals surface area contributed by atoms with Crippen LogP contribution in [0.2, 0.25) is 0 Å². The zero-order valence-electron chi connectivity index (χ0n) is 15.2. The molecule has 1 fully saturated rings. The van der Waals surface area contributed by atoms with Crippen molar-refractivity contribution in [1.82, 2.24) is 5.32 Å². The number of hydrogen-bond acceptors (Lipinski definition) is 4. The van der Waals surface area contributed by atoms with Crippen LogP contribution in [-0.2, 0) is 9.53 Å². The Morgan fingerprint density at radius 3 is 2.36 bits per heavy atom. The molecule has 6 heteroatoms. The van der Waals surface area contributed by atoms with Crippen molar-refractivity contribution >= 4 is 11.8 Å². The molecular formula is C19H28N2O4. The SMILES string of the molecule is CCOC1CC(NC(=O)c2ccc(OCC(N)=O)cc2)C1(CC)CC. The number of benzene rings is 1. The van der Waals surface area contributed by atoms with Crippen molar-refractivity contribution < 1.29 is 19.1 Å². The molecule has 2 atom stereocenters. The first-order valence-corrected chi connectivity index (χ1v) is 8.90. The van der Waals surface area contributed by atoms with E-state index < -0.39 is 5.91 Å². The summed E-state index contributed by atoms with van der Waals surface area (Å²) in [6, 6.07) is 6.81. The number of hydrogen-bond donors (Lipinski definition) is 2. The van der Waals surface area contributed by atoms with E-state index >= 15 is 0 Å². The van der Waals surface area contributed by atoms with Crippen molar-refractivity contribution in [2.24, 2.45) is 11.1 Å². The first kappa shape index (κ1) is 19.2. The van der Waals surface area contributed by atoms with Gasteiger partial charge in [-0.05, 0) is 50.5 Å². The maximum Gasteiger partial charge on any atom is 0.255 e. The summed E-state index contributed by atoms with van der Waals surface area (Å²) in [5.74, 6) is -0.134. The van der Waals surface area contributed by atoms with E-state index in [1.807, 2.05) is 6.92 Å². The molecule has 2 unspecified atom stereocenters. The summed E-state index contributed by atoms with van der Waals surface area (Å²) in [5, 5.41) is 3.15. The summed E-state index contributed by atoms with van der Waals surface area (Å²) in [7, 11) is 0. The fourth-order valence-electron chi connectivity index (χ4n) is 3.68. The first-order valence-electron chi connectivity index (χ1n) is 8.90. The molecule has 0 bridgehead atoms. The van der Waals surface area contributed by atoms with Gasteiger partial charge >= 0.3 is 0 Å². The Bertz CT molecular complexity index is 596. The molecule has 1 saturated carbocycles. The van der Waals surface area contributed by atoms with Crippen LogP contribution in [0, 0.1) is 5.41 Å². The quantitative estimate of drug-likeness (QED) is 0.716. The van der Waals surface area contributed by atoms with Crippen LogP contribution >= 0.6 is 0 Å². The van der Waals surface area contributed by atoms with Gasteiger partial charge in [-0.3, -0.25) is 9.59 Å². The minimum Gasteiger partial charge on any atom is -0.484 e. The van der Waals surface area contributed by atoms with Gasteiger partial charge in [0, 0.05) is 23.6 Å². The molecule has 138 valence electrons. The number of ether oxygens (including phenoxy) is 2. The van der Waals surface area contributed by atoms with Gasteiger partial charge < -0.3 is 20.5 Å². The predicted octanol–water partition coefficient (Wildman–Crippen LogP) is 2.26. The van der Waals surface area contributed by atoms with E-state index in [1.54, 1.807) is 24.3 Å². The molecule has 1 aliphatic rings. The fraction of sp³-hybridized carbons (Fsp3) is 0.579. The summed E-state index contributed by atoms with van der Waals surface area (Å²) in [4.78, 5) is 23.3. The van der Waals surface area contributed by atoms with Crippen LogP contribution in [0.5, 0.6) is 5.75 Å². The van der Waals surface area contributed by atoms with E-state index in [0.29, 0.717) is 17.9 Å². The van der Waals surface area contributed by atoms with E-state index in [4.69, 9.17) is 15.2 Å². The van der Waals surface area contributed by atoms with Gasteiger partial charge in [-0.2, -0.15) is 0 Å². The normalized spacial score (nSPS) is 21.2. The molecule has 3 N–H and O–H groups in total. The number of carbonyl (C=O) groups excluding carboxylic acids is 2. The number of primary amides is 1. The van der Waals surface area contributed by atoms with Crippen LogP contribution in [0.15, 0.2) is 24.3 Å². The average Bonchev–Trinajstić information content (AvgIpc) is 2.60. The lowest BCUT2D eigenvalue weighted by Gasteiger charge is -2.55. The summed E-state index contributed by atoms with van der Waals surface area (Å²) in [5.41, 5.74) is 5.61. The zero-order valence-corrected chi connectivity index (χ0v) is 15.2. The van der Waals surface area contributed by atoms with Crippen molar-refractivity contribution in [2.45, 2.75) is 52.2 Å². The second-order valence-corrected chi connectivity index (χ2v) is 6.43. The summed E-state index contributed by atoms with van der Waals surface area (Å²) < 4.78 is 11.1. The molecule has 0 aromatic heterocycles. The second kappa shape index (κ2) is 8.34. The molecule has 2 amide bonds. The monoisotopic (exact) mass is 348 g/mol. The third kappa shape index (κ3) is 4.12. The third-order valence-corrected chi connectivity index (χ3v) is 5.27. The Balaban J connectivity index is 1.98. The van der Waals surface area contributed by atoms with Gasteiger partial charge in [0.05, 0.1) is 6.10 Å². The van der Waals surface area contributed by atoms with E-state index in [9.17, 15) is 9.59 Å². The van der Waals surface area contributed by atoms with Gasteiger partial charge in [0.25, 0.3) is 11.8 Å². The lowest BCUT2D eigenvalue weighted by Crippen LogP contribution is -2.64. The molecule has 1 aliphatic carbocycles. The highest BCUT2D eigenvalue weighted by Gasteiger charge is 2.53. The Labute approximate surface area is 149 Å². The van der Waals surface area contributed by atoms with Crippen LogP contribution in [0.3, 0.4) is 0 Å². The van der Waals surface area contributed by atoms with Crippen LogP contribution in [0.1, 0.15) is 50.4 Å². The zero-order chi connectivity index (χ0) is 18.4. The van der Waals surface area contributed by atoms with Crippen LogP contribution in [0.4, 0.5) is 0 Å². The highest BCUT2D eigenvalue weighted by atomic mass is 16.5. The highest BCUT2D eigenvalue weighted by Crippen LogP contribution is 2.48. The molecule has 0 spiro atoms. The average molecular weight is 348 g/mol. The Hall–Kier alpha value is -2.08. The number of nitrogens with one attached hydrogen (secondary N) is 1. The van der Waals surface area contributed by atoms with Gasteiger partial charge in [-0.1, -0.05) is 13.8 Å². The molecule has 1 aromatic carbocycles. The van der Waals surface area contributed by atoms with E-state index in [-0.39, 0.29) is 30.1 Å². The molecule has 0 aliphatic heterocycles. The maximum absolute atomic E-state index is 12.5. The van der Waals surface area contributed by atoms with Gasteiger partial charge in [-0.15, -0.1) is 0 Å². The topological polar surface area (TPSA) is 90.7 Å². The van der Waals surface area contributed by atoms with Crippen LogP contribution < -0.4 is 15.8 Å². The van der Waals surface area contributed by atoms with Crippen molar-refractivity contribution in [3.63, 3.8) is 0 Å². The second-order valence-electron chi connectivity index (χ2n) is 6.43. The van der Waals surface area contributed by atoms with E-state index in [1.165, 1.54) is 0 Å². The number of carbonyl (C=O) groups is 2. The van der Waals surface area contributed by atoms with Crippen molar-refractivity contribution in [3.8, 4) is 5.75 Å². The van der Waals surface area contributed by atoms with Gasteiger partial charge in [0.15, 0.2) is 6.61 Å². The summed E-state index contributed by atoms with van der Waals surface area (Å²) >= 11 is 0. The molecule has 0 heterocycles. The number of nitrogens with two attached hydrogens (primary N) is 1. The molecule has 1 aromatic rings. The Kier molecular flexibility index (Phi) is 6.42. The van der Waals surface area contributed by atoms with Gasteiger partial charge in [0.2, 0.25) is 0 Å². The lowest BCUT2D eigenvalue weighted by atomic mass is 9.58. The molecule has 25 heavy (non-hydrogen) atoms. The fourth-order valence-corrected chi connectivity index (χ4v) is 3.68. The Morgan fingerprint density at radius 2 is 1.84 bits per heavy atom. The van der Waals surface area contributed by atoms with Gasteiger partial charge in [0.1, 0.15) is 5.75 Å². The summed E-state index contributed by atoms with van der Waals surface area (Å²) in [6.07, 6.45) is 3.00. The van der Waals surface area contributed by atoms with E-state index in [0.717, 1.165) is 19.3 Å².